The molecule has 182 valence electrons. The first-order valence-electron chi connectivity index (χ1n) is 12.2. The number of nitrogens with zero attached hydrogens (tertiary/aromatic N) is 2. The van der Waals surface area contributed by atoms with Gasteiger partial charge in [-0.05, 0) is 60.4 Å². The monoisotopic (exact) mass is 474 g/mol. The highest BCUT2D eigenvalue weighted by Gasteiger charge is 2.20. The predicted molar refractivity (Wildman–Crippen MR) is 136 cm³/mol. The van der Waals surface area contributed by atoms with E-state index in [9.17, 15) is 9.59 Å². The van der Waals surface area contributed by atoms with Crippen LogP contribution in [0.3, 0.4) is 0 Å². The Morgan fingerprint density at radius 3 is 1.83 bits per heavy atom. The minimum Gasteiger partial charge on any atom is -0.494 e. The van der Waals surface area contributed by atoms with E-state index < -0.39 is 0 Å². The molecule has 0 bridgehead atoms. The predicted octanol–water partition coefficient (Wildman–Crippen LogP) is 4.18. The zero-order chi connectivity index (χ0) is 24.4. The molecule has 0 spiro atoms. The third-order valence-corrected chi connectivity index (χ3v) is 6.66. The highest BCUT2D eigenvalue weighted by Crippen LogP contribution is 2.25. The molecule has 7 nitrogen and oxygen atoms in total. The van der Waals surface area contributed by atoms with Gasteiger partial charge in [0.15, 0.2) is 0 Å². The average molecular weight is 475 g/mol. The molecule has 2 aromatic carbocycles. The van der Waals surface area contributed by atoms with Gasteiger partial charge in [-0.2, -0.15) is 0 Å². The van der Waals surface area contributed by atoms with Crippen LogP contribution >= 0.6 is 0 Å². The normalized spacial score (nSPS) is 15.1. The molecule has 0 unspecified atom stereocenters. The third-order valence-electron chi connectivity index (χ3n) is 6.66. The van der Waals surface area contributed by atoms with E-state index in [1.807, 2.05) is 31.2 Å². The van der Waals surface area contributed by atoms with Crippen LogP contribution in [-0.4, -0.2) is 42.6 Å². The summed E-state index contributed by atoms with van der Waals surface area (Å²) in [5.74, 6) is 0.769. The van der Waals surface area contributed by atoms with Crippen LogP contribution in [0, 0.1) is 0 Å². The van der Waals surface area contributed by atoms with E-state index in [0.717, 1.165) is 60.2 Å². The lowest BCUT2D eigenvalue weighted by molar-refractivity contribution is 0.122. The van der Waals surface area contributed by atoms with Crippen molar-refractivity contribution >= 4 is 21.9 Å². The summed E-state index contributed by atoms with van der Waals surface area (Å²) in [7, 11) is 0. The van der Waals surface area contributed by atoms with Crippen LogP contribution in [0.2, 0.25) is 0 Å². The van der Waals surface area contributed by atoms with Crippen molar-refractivity contribution in [2.24, 2.45) is 0 Å². The van der Waals surface area contributed by atoms with Gasteiger partial charge < -0.3 is 13.6 Å². The summed E-state index contributed by atoms with van der Waals surface area (Å²) in [5, 5.41) is 1.92. The maximum Gasteiger partial charge on any atom is 0.336 e. The van der Waals surface area contributed by atoms with Crippen LogP contribution in [0.15, 0.2) is 67.0 Å². The second kappa shape index (κ2) is 10.1. The van der Waals surface area contributed by atoms with Crippen molar-refractivity contribution in [1.29, 1.82) is 0 Å². The first-order valence-corrected chi connectivity index (χ1v) is 12.2. The SMILES string of the molecule is CCOc1ccc2oc(=O)cc(CN3CCN(Cc4cc(=O)oc5ccc(CC)cc45)CC3)c2c1. The van der Waals surface area contributed by atoms with Gasteiger partial charge in [-0.3, -0.25) is 9.80 Å². The molecule has 2 aromatic heterocycles. The summed E-state index contributed by atoms with van der Waals surface area (Å²) in [6.07, 6.45) is 0.936. The van der Waals surface area contributed by atoms with Gasteiger partial charge in [0.05, 0.1) is 6.61 Å². The standard InChI is InChI=1S/C28H30N2O5/c1-3-19-5-7-25-23(13-19)20(14-27(31)34-25)17-29-9-11-30(12-10-29)18-21-15-28(32)35-26-8-6-22(33-4-2)16-24(21)26/h5-8,13-16H,3-4,9-12,17-18H2,1-2H3. The fraction of sp³-hybridized carbons (Fsp3) is 0.357. The lowest BCUT2D eigenvalue weighted by Gasteiger charge is -2.35. The maximum atomic E-state index is 12.1. The molecule has 0 atom stereocenters. The lowest BCUT2D eigenvalue weighted by atomic mass is 10.0. The van der Waals surface area contributed by atoms with Crippen LogP contribution < -0.4 is 16.0 Å². The Kier molecular flexibility index (Phi) is 6.70. The highest BCUT2D eigenvalue weighted by atomic mass is 16.5. The van der Waals surface area contributed by atoms with Gasteiger partial charge in [0, 0.05) is 62.2 Å². The second-order valence-corrected chi connectivity index (χ2v) is 9.01. The first kappa shape index (κ1) is 23.3. The van der Waals surface area contributed by atoms with Crippen LogP contribution in [-0.2, 0) is 19.5 Å². The summed E-state index contributed by atoms with van der Waals surface area (Å²) < 4.78 is 16.5. The van der Waals surface area contributed by atoms with E-state index in [0.29, 0.717) is 30.9 Å². The Hall–Kier alpha value is -3.42. The van der Waals surface area contributed by atoms with Crippen molar-refractivity contribution in [1.82, 2.24) is 9.80 Å². The molecule has 0 radical (unpaired) electrons. The number of aryl methyl sites for hydroxylation is 1. The van der Waals surface area contributed by atoms with Gasteiger partial charge in [0.2, 0.25) is 0 Å². The molecule has 1 saturated heterocycles. The molecule has 0 saturated carbocycles. The maximum absolute atomic E-state index is 12.1. The third kappa shape index (κ3) is 5.16. The van der Waals surface area contributed by atoms with E-state index in [4.69, 9.17) is 13.6 Å². The Balaban J connectivity index is 1.30. The van der Waals surface area contributed by atoms with Crippen molar-refractivity contribution < 1.29 is 13.6 Å². The molecule has 1 aliphatic heterocycles. The average Bonchev–Trinajstić information content (AvgIpc) is 2.85. The largest absolute Gasteiger partial charge is 0.494 e. The summed E-state index contributed by atoms with van der Waals surface area (Å²) in [6.45, 7) is 9.51. The van der Waals surface area contributed by atoms with Crippen LogP contribution in [0.1, 0.15) is 30.5 Å². The van der Waals surface area contributed by atoms with Gasteiger partial charge in [-0.1, -0.05) is 13.0 Å². The van der Waals surface area contributed by atoms with E-state index in [1.54, 1.807) is 18.2 Å². The zero-order valence-corrected chi connectivity index (χ0v) is 20.2. The molecule has 5 rings (SSSR count). The first-order chi connectivity index (χ1) is 17.0. The molecule has 1 aliphatic rings. The minimum atomic E-state index is -0.337. The van der Waals surface area contributed by atoms with Crippen LogP contribution in [0.25, 0.3) is 21.9 Å². The number of piperazine rings is 1. The zero-order valence-electron chi connectivity index (χ0n) is 20.2. The van der Waals surface area contributed by atoms with Gasteiger partial charge >= 0.3 is 11.3 Å². The number of hydrogen-bond acceptors (Lipinski definition) is 7. The summed E-state index contributed by atoms with van der Waals surface area (Å²) in [5.41, 5.74) is 3.76. The van der Waals surface area contributed by atoms with Crippen molar-refractivity contribution in [3.05, 3.63) is 86.1 Å². The van der Waals surface area contributed by atoms with Gasteiger partial charge in [0.25, 0.3) is 0 Å². The van der Waals surface area contributed by atoms with Crippen molar-refractivity contribution in [3.8, 4) is 5.75 Å². The van der Waals surface area contributed by atoms with Gasteiger partial charge in [-0.15, -0.1) is 0 Å². The molecule has 35 heavy (non-hydrogen) atoms. The smallest absolute Gasteiger partial charge is 0.336 e. The van der Waals surface area contributed by atoms with E-state index in [1.165, 1.54) is 5.56 Å². The van der Waals surface area contributed by atoms with Crippen LogP contribution in [0.5, 0.6) is 5.75 Å². The Morgan fingerprint density at radius 2 is 1.29 bits per heavy atom. The number of ether oxygens (including phenoxy) is 1. The Morgan fingerprint density at radius 1 is 0.743 bits per heavy atom. The molecule has 4 aromatic rings. The highest BCUT2D eigenvalue weighted by molar-refractivity contribution is 5.82. The number of fused-ring (bicyclic) bond motifs is 2. The fourth-order valence-electron chi connectivity index (χ4n) is 4.81. The summed E-state index contributed by atoms with van der Waals surface area (Å²) in [6, 6.07) is 14.8. The number of rotatable bonds is 7. The molecule has 1 fully saturated rings. The van der Waals surface area contributed by atoms with Crippen molar-refractivity contribution in [3.63, 3.8) is 0 Å². The summed E-state index contributed by atoms with van der Waals surface area (Å²) in [4.78, 5) is 29.0. The molecule has 7 heteroatoms. The molecular weight excluding hydrogens is 444 g/mol. The fourth-order valence-corrected chi connectivity index (χ4v) is 4.81. The van der Waals surface area contributed by atoms with E-state index in [2.05, 4.69) is 22.8 Å². The number of benzene rings is 2. The molecule has 3 heterocycles. The Labute approximate surface area is 203 Å². The van der Waals surface area contributed by atoms with E-state index in [-0.39, 0.29) is 11.3 Å². The van der Waals surface area contributed by atoms with Gasteiger partial charge in [-0.25, -0.2) is 9.59 Å². The number of hydrogen-bond donors (Lipinski definition) is 0. The second-order valence-electron chi connectivity index (χ2n) is 9.01. The molecule has 0 N–H and O–H groups in total. The van der Waals surface area contributed by atoms with Crippen molar-refractivity contribution in [2.75, 3.05) is 32.8 Å². The van der Waals surface area contributed by atoms with Crippen molar-refractivity contribution in [2.45, 2.75) is 33.4 Å². The molecule has 0 aliphatic carbocycles. The topological polar surface area (TPSA) is 76.1 Å². The minimum absolute atomic E-state index is 0.309. The Bertz CT molecular complexity index is 1460. The lowest BCUT2D eigenvalue weighted by Crippen LogP contribution is -2.45. The quantitative estimate of drug-likeness (QED) is 0.372. The van der Waals surface area contributed by atoms with E-state index >= 15 is 0 Å². The molecular formula is C28H30N2O5. The summed E-state index contributed by atoms with van der Waals surface area (Å²) >= 11 is 0. The molecule has 0 amide bonds. The van der Waals surface area contributed by atoms with Gasteiger partial charge in [0.1, 0.15) is 16.9 Å². The van der Waals surface area contributed by atoms with Crippen LogP contribution in [0.4, 0.5) is 0 Å².